The minimum Gasteiger partial charge on any atom is -0.487 e. The van der Waals surface area contributed by atoms with E-state index in [1.807, 2.05) is 45.0 Å². The van der Waals surface area contributed by atoms with Gasteiger partial charge >= 0.3 is 0 Å². The second-order valence-corrected chi connectivity index (χ2v) is 6.22. The number of hydrogen-bond donors (Lipinski definition) is 3. The molecule has 26 heavy (non-hydrogen) atoms. The first-order valence-electron chi connectivity index (χ1n) is 8.30. The summed E-state index contributed by atoms with van der Waals surface area (Å²) in [5, 5.41) is 1.50. The zero-order chi connectivity index (χ0) is 19.7. The Labute approximate surface area is 163 Å². The molecule has 142 valence electrons. The van der Waals surface area contributed by atoms with Crippen molar-refractivity contribution in [2.24, 2.45) is 11.6 Å². The van der Waals surface area contributed by atoms with E-state index in [9.17, 15) is 0 Å². The van der Waals surface area contributed by atoms with E-state index in [2.05, 4.69) is 25.9 Å². The molecule has 0 amide bonds. The lowest BCUT2D eigenvalue weighted by Gasteiger charge is -2.22. The van der Waals surface area contributed by atoms with Crippen molar-refractivity contribution in [1.82, 2.24) is 15.0 Å². The molecule has 8 heteroatoms. The summed E-state index contributed by atoms with van der Waals surface area (Å²) in [6.45, 7) is 8.20. The highest BCUT2D eigenvalue weighted by atomic mass is 79.9. The number of rotatable bonds is 6. The van der Waals surface area contributed by atoms with Gasteiger partial charge in [0.05, 0.1) is 12.2 Å². The van der Waals surface area contributed by atoms with Gasteiger partial charge in [-0.3, -0.25) is 0 Å². The molecule has 1 heterocycles. The molecule has 0 aliphatic rings. The maximum Gasteiger partial charge on any atom is 0.132 e. The predicted molar refractivity (Wildman–Crippen MR) is 109 cm³/mol. The Balaban J connectivity index is 0.00000163. The molecule has 1 aromatic carbocycles. The van der Waals surface area contributed by atoms with Crippen molar-refractivity contribution in [1.29, 1.82) is 0 Å². The summed E-state index contributed by atoms with van der Waals surface area (Å²) in [4.78, 5) is 8.25. The molecular weight excluding hydrogens is 396 g/mol. The van der Waals surface area contributed by atoms with Gasteiger partial charge in [0.15, 0.2) is 0 Å². The van der Waals surface area contributed by atoms with Crippen LogP contribution in [0.25, 0.3) is 0 Å². The lowest BCUT2D eigenvalue weighted by Crippen LogP contribution is -2.32. The molecule has 0 radical (unpaired) electrons. The molecule has 2 aromatic rings. The first kappa shape index (κ1) is 21.7. The molecule has 0 saturated heterocycles. The fourth-order valence-corrected chi connectivity index (χ4v) is 2.18. The number of nitrogen functional groups attached to an aromatic ring is 1. The largest absolute Gasteiger partial charge is 0.487 e. The van der Waals surface area contributed by atoms with Crippen LogP contribution in [0.15, 0.2) is 46.3 Å². The Hall–Kier alpha value is -2.32. The van der Waals surface area contributed by atoms with Crippen LogP contribution in [0.4, 0.5) is 5.82 Å². The average Bonchev–Trinajstić information content (AvgIpc) is 2.64. The number of nitrogens with two attached hydrogens (primary N) is 3. The Morgan fingerprint density at radius 1 is 1.23 bits per heavy atom. The summed E-state index contributed by atoms with van der Waals surface area (Å²) in [7, 11) is 0. The third-order valence-corrected chi connectivity index (χ3v) is 3.99. The number of benzene rings is 1. The van der Waals surface area contributed by atoms with Gasteiger partial charge < -0.3 is 21.2 Å². The van der Waals surface area contributed by atoms with Crippen LogP contribution in [0.5, 0.6) is 5.75 Å². The smallest absolute Gasteiger partial charge is 0.132 e. The average molecular weight is 423 g/mol. The van der Waals surface area contributed by atoms with Crippen molar-refractivity contribution in [3.8, 4) is 5.75 Å². The van der Waals surface area contributed by atoms with Gasteiger partial charge in [-0.1, -0.05) is 29.8 Å². The number of hydrazine groups is 1. The molecular formula is C18H27BrN6O. The van der Waals surface area contributed by atoms with Crippen LogP contribution >= 0.6 is 15.9 Å². The third-order valence-electron chi connectivity index (χ3n) is 3.46. The van der Waals surface area contributed by atoms with E-state index in [0.717, 1.165) is 15.8 Å². The minimum atomic E-state index is 0.237. The first-order chi connectivity index (χ1) is 12.4. The lowest BCUT2D eigenvalue weighted by atomic mass is 10.2. The summed E-state index contributed by atoms with van der Waals surface area (Å²) in [5.41, 5.74) is 13.9. The first-order valence-corrected chi connectivity index (χ1v) is 9.10. The van der Waals surface area contributed by atoms with Crippen molar-refractivity contribution in [3.63, 3.8) is 0 Å². The topological polar surface area (TPSA) is 116 Å². The molecule has 0 aliphatic carbocycles. The van der Waals surface area contributed by atoms with Gasteiger partial charge in [0.2, 0.25) is 0 Å². The van der Waals surface area contributed by atoms with Crippen LogP contribution in [0, 0.1) is 6.92 Å². The number of ether oxygens (including phenoxy) is 1. The standard InChI is InChI=1S/C16H21BrN6O.C2H6/c1-10(15(18)9-24-14-5-3-13(17)4-6-14)23(20)8-12-7-21-11(2)22-16(12)19;1-2/h3-7H,8-9,18,20H2,1-2H3,(H2,19,21,22);1-2H3/b15-10-;. The van der Waals surface area contributed by atoms with Gasteiger partial charge in [-0.25, -0.2) is 15.8 Å². The summed E-state index contributed by atoms with van der Waals surface area (Å²) in [6, 6.07) is 7.52. The fraction of sp³-hybridized carbons (Fsp3) is 0.333. The van der Waals surface area contributed by atoms with Crippen LogP contribution in [-0.4, -0.2) is 21.6 Å². The molecule has 0 atom stereocenters. The Morgan fingerprint density at radius 3 is 2.42 bits per heavy atom. The molecule has 0 unspecified atom stereocenters. The molecule has 0 spiro atoms. The number of hydrogen-bond acceptors (Lipinski definition) is 7. The summed E-state index contributed by atoms with van der Waals surface area (Å²) >= 11 is 3.38. The van der Waals surface area contributed by atoms with Crippen molar-refractivity contribution < 1.29 is 4.74 Å². The van der Waals surface area contributed by atoms with Gasteiger partial charge in [-0.15, -0.1) is 0 Å². The second kappa shape index (κ2) is 10.6. The summed E-state index contributed by atoms with van der Waals surface area (Å²) in [5.74, 6) is 7.83. The maximum absolute atomic E-state index is 6.07. The number of allylic oxidation sites excluding steroid dienone is 1. The van der Waals surface area contributed by atoms with Crippen molar-refractivity contribution in [2.75, 3.05) is 12.3 Å². The molecule has 7 nitrogen and oxygen atoms in total. The van der Waals surface area contributed by atoms with Crippen LogP contribution in [0.2, 0.25) is 0 Å². The number of aryl methyl sites for hydroxylation is 1. The number of halogens is 1. The van der Waals surface area contributed by atoms with E-state index >= 15 is 0 Å². The number of nitrogens with zero attached hydrogens (tertiary/aromatic N) is 3. The Morgan fingerprint density at radius 2 is 1.85 bits per heavy atom. The van der Waals surface area contributed by atoms with Gasteiger partial charge in [-0.05, 0) is 38.1 Å². The molecule has 2 rings (SSSR count). The normalized spacial score (nSPS) is 11.2. The summed E-state index contributed by atoms with van der Waals surface area (Å²) < 4.78 is 6.64. The van der Waals surface area contributed by atoms with Crippen LogP contribution in [0.1, 0.15) is 32.2 Å². The molecule has 0 bridgehead atoms. The molecule has 0 fully saturated rings. The molecule has 0 saturated carbocycles. The lowest BCUT2D eigenvalue weighted by molar-refractivity contribution is 0.318. The second-order valence-electron chi connectivity index (χ2n) is 5.31. The van der Waals surface area contributed by atoms with E-state index in [-0.39, 0.29) is 6.61 Å². The van der Waals surface area contributed by atoms with Gasteiger partial charge in [-0.2, -0.15) is 0 Å². The Kier molecular flexibility index (Phi) is 8.87. The van der Waals surface area contributed by atoms with Gasteiger partial charge in [0.25, 0.3) is 0 Å². The van der Waals surface area contributed by atoms with E-state index in [4.69, 9.17) is 22.0 Å². The monoisotopic (exact) mass is 422 g/mol. The highest BCUT2D eigenvalue weighted by Gasteiger charge is 2.10. The van der Waals surface area contributed by atoms with Crippen molar-refractivity contribution in [2.45, 2.75) is 34.2 Å². The molecule has 0 aliphatic heterocycles. The molecule has 1 aromatic heterocycles. The number of anilines is 1. The maximum atomic E-state index is 6.07. The van der Waals surface area contributed by atoms with Crippen LogP contribution in [0.3, 0.4) is 0 Å². The summed E-state index contributed by atoms with van der Waals surface area (Å²) in [6.07, 6.45) is 1.67. The van der Waals surface area contributed by atoms with E-state index < -0.39 is 0 Å². The van der Waals surface area contributed by atoms with Gasteiger partial charge in [0.1, 0.15) is 24.0 Å². The SMILES string of the molecule is C/C(=C(/N)COc1ccc(Br)cc1)N(N)Cc1cnc(C)nc1N.CC. The van der Waals surface area contributed by atoms with E-state index in [0.29, 0.717) is 29.6 Å². The van der Waals surface area contributed by atoms with E-state index in [1.165, 1.54) is 5.01 Å². The Bertz CT molecular complexity index is 733. The zero-order valence-electron chi connectivity index (χ0n) is 15.7. The van der Waals surface area contributed by atoms with Gasteiger partial charge in [0, 0.05) is 21.9 Å². The van der Waals surface area contributed by atoms with Crippen LogP contribution in [-0.2, 0) is 6.54 Å². The van der Waals surface area contributed by atoms with Crippen LogP contribution < -0.4 is 22.0 Å². The third kappa shape index (κ3) is 6.53. The highest BCUT2D eigenvalue weighted by molar-refractivity contribution is 9.10. The predicted octanol–water partition coefficient (Wildman–Crippen LogP) is 3.10. The van der Waals surface area contributed by atoms with Crippen molar-refractivity contribution >= 4 is 21.7 Å². The fourth-order valence-electron chi connectivity index (χ4n) is 1.92. The minimum absolute atomic E-state index is 0.237. The highest BCUT2D eigenvalue weighted by Crippen LogP contribution is 2.17. The van der Waals surface area contributed by atoms with E-state index in [1.54, 1.807) is 13.1 Å². The van der Waals surface area contributed by atoms with Crippen molar-refractivity contribution in [3.05, 3.63) is 57.7 Å². The quantitative estimate of drug-likeness (QED) is 0.483. The molecule has 6 N–H and O–H groups in total. The number of aromatic nitrogens is 2. The zero-order valence-corrected chi connectivity index (χ0v) is 17.2.